The highest BCUT2D eigenvalue weighted by Gasteiger charge is 2.21. The Morgan fingerprint density at radius 3 is 2.76 bits per heavy atom. The van der Waals surface area contributed by atoms with E-state index < -0.39 is 6.10 Å². The Labute approximate surface area is 125 Å². The molecule has 116 valence electrons. The molecule has 1 aromatic rings. The van der Waals surface area contributed by atoms with Gasteiger partial charge in [0.15, 0.2) is 17.6 Å². The van der Waals surface area contributed by atoms with Gasteiger partial charge >= 0.3 is 5.97 Å². The fourth-order valence-corrected chi connectivity index (χ4v) is 1.97. The monoisotopic (exact) mass is 293 g/mol. The summed E-state index contributed by atoms with van der Waals surface area (Å²) in [4.78, 5) is 11.7. The van der Waals surface area contributed by atoms with Gasteiger partial charge in [-0.1, -0.05) is 6.07 Å². The van der Waals surface area contributed by atoms with Gasteiger partial charge in [0.2, 0.25) is 0 Å². The summed E-state index contributed by atoms with van der Waals surface area (Å²) in [6, 6.07) is 6.41. The minimum Gasteiger partial charge on any atom is -0.493 e. The topological polar surface area (TPSA) is 56.8 Å². The van der Waals surface area contributed by atoms with E-state index in [2.05, 4.69) is 5.32 Å². The first-order valence-electron chi connectivity index (χ1n) is 7.37. The van der Waals surface area contributed by atoms with Crippen molar-refractivity contribution in [3.8, 4) is 11.5 Å². The van der Waals surface area contributed by atoms with E-state index in [1.54, 1.807) is 21.0 Å². The van der Waals surface area contributed by atoms with Crippen LogP contribution in [0.2, 0.25) is 0 Å². The third-order valence-corrected chi connectivity index (χ3v) is 3.32. The maximum absolute atomic E-state index is 11.7. The average molecular weight is 293 g/mol. The van der Waals surface area contributed by atoms with Crippen molar-refractivity contribution in [2.75, 3.05) is 13.7 Å². The highest BCUT2D eigenvalue weighted by molar-refractivity contribution is 5.74. The molecular weight excluding hydrogens is 270 g/mol. The molecule has 21 heavy (non-hydrogen) atoms. The third-order valence-electron chi connectivity index (χ3n) is 3.32. The SMILES string of the molecule is CCOC(=O)C(C)Oc1cc(CNC2CC2)ccc1OC. The standard InChI is InChI=1S/C16H23NO4/c1-4-20-16(18)11(2)21-15-9-12(5-8-14(15)19-3)10-17-13-6-7-13/h5,8-9,11,13,17H,4,6-7,10H2,1-3H3. The molecular formula is C16H23NO4. The lowest BCUT2D eigenvalue weighted by atomic mass is 10.2. The lowest BCUT2D eigenvalue weighted by Crippen LogP contribution is -2.26. The molecule has 2 rings (SSSR count). The van der Waals surface area contributed by atoms with Crippen LogP contribution in [0, 0.1) is 0 Å². The van der Waals surface area contributed by atoms with Crippen LogP contribution in [0.5, 0.6) is 11.5 Å². The lowest BCUT2D eigenvalue weighted by molar-refractivity contribution is -0.150. The second kappa shape index (κ2) is 7.31. The molecule has 1 aliphatic rings. The summed E-state index contributed by atoms with van der Waals surface area (Å²) >= 11 is 0. The third kappa shape index (κ3) is 4.63. The fraction of sp³-hybridized carbons (Fsp3) is 0.562. The minimum atomic E-state index is -0.662. The van der Waals surface area contributed by atoms with Crippen LogP contribution in [-0.2, 0) is 16.1 Å². The minimum absolute atomic E-state index is 0.342. The van der Waals surface area contributed by atoms with Crippen molar-refractivity contribution in [2.45, 2.75) is 45.4 Å². The number of ether oxygens (including phenoxy) is 3. The van der Waals surface area contributed by atoms with Gasteiger partial charge in [0.25, 0.3) is 0 Å². The highest BCUT2D eigenvalue weighted by atomic mass is 16.6. The van der Waals surface area contributed by atoms with E-state index in [4.69, 9.17) is 14.2 Å². The zero-order valence-corrected chi connectivity index (χ0v) is 12.8. The number of carbonyl (C=O) groups is 1. The van der Waals surface area contributed by atoms with Gasteiger partial charge in [-0.15, -0.1) is 0 Å². The Hall–Kier alpha value is -1.75. The Morgan fingerprint density at radius 1 is 1.38 bits per heavy atom. The summed E-state index contributed by atoms with van der Waals surface area (Å²) in [7, 11) is 1.58. The molecule has 5 nitrogen and oxygen atoms in total. The quantitative estimate of drug-likeness (QED) is 0.745. The Kier molecular flexibility index (Phi) is 5.44. The number of methoxy groups -OCH3 is 1. The van der Waals surface area contributed by atoms with Crippen LogP contribution in [0.15, 0.2) is 18.2 Å². The molecule has 1 N–H and O–H groups in total. The van der Waals surface area contributed by atoms with Crippen molar-refractivity contribution in [1.29, 1.82) is 0 Å². The molecule has 0 radical (unpaired) electrons. The number of hydrogen-bond acceptors (Lipinski definition) is 5. The Balaban J connectivity index is 2.03. The maximum Gasteiger partial charge on any atom is 0.347 e. The number of hydrogen-bond donors (Lipinski definition) is 1. The molecule has 0 amide bonds. The van der Waals surface area contributed by atoms with Crippen molar-refractivity contribution in [1.82, 2.24) is 5.32 Å². The fourth-order valence-electron chi connectivity index (χ4n) is 1.97. The van der Waals surface area contributed by atoms with Crippen molar-refractivity contribution in [2.24, 2.45) is 0 Å². The second-order valence-corrected chi connectivity index (χ2v) is 5.15. The molecule has 1 fully saturated rings. The molecule has 0 heterocycles. The normalized spacial score (nSPS) is 15.4. The number of carbonyl (C=O) groups excluding carboxylic acids is 1. The van der Waals surface area contributed by atoms with Gasteiger partial charge in [0.1, 0.15) is 0 Å². The molecule has 1 atom stereocenters. The van der Waals surface area contributed by atoms with Gasteiger partial charge in [-0.25, -0.2) is 4.79 Å². The number of benzene rings is 1. The van der Waals surface area contributed by atoms with E-state index in [1.807, 2.05) is 18.2 Å². The molecule has 0 aromatic heterocycles. The molecule has 5 heteroatoms. The van der Waals surface area contributed by atoms with Gasteiger partial charge in [0.05, 0.1) is 13.7 Å². The molecule has 0 spiro atoms. The first kappa shape index (κ1) is 15.6. The summed E-state index contributed by atoms with van der Waals surface area (Å²) in [5.41, 5.74) is 1.11. The molecule has 0 bridgehead atoms. The van der Waals surface area contributed by atoms with Crippen LogP contribution in [0.1, 0.15) is 32.3 Å². The van der Waals surface area contributed by atoms with Crippen LogP contribution >= 0.6 is 0 Å². The molecule has 1 aliphatic carbocycles. The smallest absolute Gasteiger partial charge is 0.347 e. The Bertz CT molecular complexity index is 485. The van der Waals surface area contributed by atoms with Crippen LogP contribution in [0.25, 0.3) is 0 Å². The van der Waals surface area contributed by atoms with Gasteiger partial charge in [-0.3, -0.25) is 0 Å². The molecule has 0 saturated heterocycles. The van der Waals surface area contributed by atoms with Crippen LogP contribution in [0.3, 0.4) is 0 Å². The van der Waals surface area contributed by atoms with Gasteiger partial charge in [0, 0.05) is 12.6 Å². The van der Waals surface area contributed by atoms with Crippen molar-refractivity contribution in [3.05, 3.63) is 23.8 Å². The van der Waals surface area contributed by atoms with Crippen LogP contribution in [-0.4, -0.2) is 31.8 Å². The summed E-state index contributed by atoms with van der Waals surface area (Å²) in [6.07, 6.45) is 1.84. The van der Waals surface area contributed by atoms with Crippen molar-refractivity contribution >= 4 is 5.97 Å². The second-order valence-electron chi connectivity index (χ2n) is 5.15. The maximum atomic E-state index is 11.7. The lowest BCUT2D eigenvalue weighted by Gasteiger charge is -2.16. The number of rotatable bonds is 8. The highest BCUT2D eigenvalue weighted by Crippen LogP contribution is 2.29. The predicted molar refractivity (Wildman–Crippen MR) is 79.6 cm³/mol. The van der Waals surface area contributed by atoms with Crippen molar-refractivity contribution in [3.63, 3.8) is 0 Å². The zero-order valence-electron chi connectivity index (χ0n) is 12.8. The predicted octanol–water partition coefficient (Wildman–Crippen LogP) is 2.28. The number of nitrogens with one attached hydrogen (secondary N) is 1. The Morgan fingerprint density at radius 2 is 2.14 bits per heavy atom. The first-order valence-corrected chi connectivity index (χ1v) is 7.37. The van der Waals surface area contributed by atoms with Crippen LogP contribution < -0.4 is 14.8 Å². The van der Waals surface area contributed by atoms with E-state index >= 15 is 0 Å². The van der Waals surface area contributed by atoms with Gasteiger partial charge in [-0.05, 0) is 44.4 Å². The average Bonchev–Trinajstić information content (AvgIpc) is 3.29. The zero-order chi connectivity index (χ0) is 15.2. The summed E-state index contributed by atoms with van der Waals surface area (Å²) < 4.78 is 15.9. The molecule has 0 aliphatic heterocycles. The largest absolute Gasteiger partial charge is 0.493 e. The van der Waals surface area contributed by atoms with E-state index in [-0.39, 0.29) is 5.97 Å². The van der Waals surface area contributed by atoms with E-state index in [0.717, 1.165) is 12.1 Å². The van der Waals surface area contributed by atoms with E-state index in [9.17, 15) is 4.79 Å². The summed E-state index contributed by atoms with van der Waals surface area (Å²) in [6.45, 7) is 4.58. The van der Waals surface area contributed by atoms with Gasteiger partial charge < -0.3 is 19.5 Å². The molecule has 1 saturated carbocycles. The van der Waals surface area contributed by atoms with Gasteiger partial charge in [-0.2, -0.15) is 0 Å². The summed E-state index contributed by atoms with van der Waals surface area (Å²) in [5.74, 6) is 0.801. The van der Waals surface area contributed by atoms with Crippen molar-refractivity contribution < 1.29 is 19.0 Å². The molecule has 1 unspecified atom stereocenters. The summed E-state index contributed by atoms with van der Waals surface area (Å²) in [5, 5.41) is 3.45. The number of esters is 1. The first-order chi connectivity index (χ1) is 10.1. The van der Waals surface area contributed by atoms with E-state index in [0.29, 0.717) is 24.1 Å². The molecule has 1 aromatic carbocycles. The van der Waals surface area contributed by atoms with Crippen LogP contribution in [0.4, 0.5) is 0 Å². The van der Waals surface area contributed by atoms with E-state index in [1.165, 1.54) is 12.8 Å².